The molecule has 2 aromatic heterocycles. The topological polar surface area (TPSA) is 87.9 Å². The molecule has 2 aromatic rings. The number of nitrogens with zero attached hydrogens (tertiary/aromatic N) is 4. The smallest absolute Gasteiger partial charge is 0.274 e. The zero-order valence-corrected chi connectivity index (χ0v) is 10.9. The Balaban J connectivity index is 1.85. The van der Waals surface area contributed by atoms with Gasteiger partial charge in [-0.1, -0.05) is 5.16 Å². The molecule has 0 bridgehead atoms. The highest BCUT2D eigenvalue weighted by atomic mass is 16.5. The van der Waals surface area contributed by atoms with Crippen LogP contribution in [0.3, 0.4) is 0 Å². The highest BCUT2D eigenvalue weighted by Gasteiger charge is 2.34. The van der Waals surface area contributed by atoms with Crippen molar-refractivity contribution in [1.29, 1.82) is 0 Å². The fourth-order valence-electron chi connectivity index (χ4n) is 2.40. The van der Waals surface area contributed by atoms with Crippen LogP contribution >= 0.6 is 0 Å². The molecule has 1 N–H and O–H groups in total. The molecule has 1 aliphatic heterocycles. The summed E-state index contributed by atoms with van der Waals surface area (Å²) in [4.78, 5) is 18.4. The summed E-state index contributed by atoms with van der Waals surface area (Å²) in [6, 6.07) is 1.64. The van der Waals surface area contributed by atoms with Gasteiger partial charge in [0.1, 0.15) is 5.69 Å². The second-order valence-corrected chi connectivity index (χ2v) is 4.76. The Morgan fingerprint density at radius 3 is 3.00 bits per heavy atom. The van der Waals surface area contributed by atoms with Crippen molar-refractivity contribution in [2.24, 2.45) is 0 Å². The lowest BCUT2D eigenvalue weighted by Crippen LogP contribution is -2.31. The van der Waals surface area contributed by atoms with Crippen LogP contribution in [-0.2, 0) is 0 Å². The highest BCUT2D eigenvalue weighted by molar-refractivity contribution is 5.92. The highest BCUT2D eigenvalue weighted by Crippen LogP contribution is 2.31. The number of rotatable bonds is 2. The van der Waals surface area contributed by atoms with Crippen LogP contribution in [0.15, 0.2) is 10.6 Å². The molecule has 0 unspecified atom stereocenters. The third kappa shape index (κ3) is 2.11. The Bertz CT molecular complexity index is 603. The molecule has 1 atom stereocenters. The molecule has 0 saturated carbocycles. The van der Waals surface area contributed by atoms with Crippen LogP contribution in [0.2, 0.25) is 0 Å². The molecular weight excluding hydrogens is 246 g/mol. The van der Waals surface area contributed by atoms with Crippen LogP contribution in [0.1, 0.15) is 46.8 Å². The Morgan fingerprint density at radius 1 is 1.53 bits per heavy atom. The Morgan fingerprint density at radius 2 is 2.37 bits per heavy atom. The average molecular weight is 261 g/mol. The van der Waals surface area contributed by atoms with Gasteiger partial charge in [-0.2, -0.15) is 10.1 Å². The molecule has 0 aromatic carbocycles. The lowest BCUT2D eigenvalue weighted by molar-refractivity contribution is 0.0722. The number of aromatic amines is 1. The van der Waals surface area contributed by atoms with Crippen molar-refractivity contribution in [2.75, 3.05) is 6.54 Å². The number of nitrogens with one attached hydrogen (secondary N) is 1. The third-order valence-electron chi connectivity index (χ3n) is 3.28. The molecular formula is C12H15N5O2. The van der Waals surface area contributed by atoms with Crippen molar-refractivity contribution in [1.82, 2.24) is 25.2 Å². The van der Waals surface area contributed by atoms with Gasteiger partial charge in [-0.25, -0.2) is 0 Å². The molecule has 7 nitrogen and oxygen atoms in total. The van der Waals surface area contributed by atoms with Gasteiger partial charge in [0.2, 0.25) is 5.89 Å². The number of aryl methyl sites for hydroxylation is 2. The predicted octanol–water partition coefficient (Wildman–Crippen LogP) is 1.39. The van der Waals surface area contributed by atoms with E-state index < -0.39 is 0 Å². The number of H-pyrrole nitrogens is 1. The summed E-state index contributed by atoms with van der Waals surface area (Å²) in [5.41, 5.74) is 1.30. The van der Waals surface area contributed by atoms with Gasteiger partial charge in [0.05, 0.1) is 6.04 Å². The van der Waals surface area contributed by atoms with Crippen LogP contribution in [0.4, 0.5) is 0 Å². The van der Waals surface area contributed by atoms with E-state index in [1.807, 2.05) is 6.92 Å². The van der Waals surface area contributed by atoms with Crippen molar-refractivity contribution in [3.05, 3.63) is 29.2 Å². The molecule has 100 valence electrons. The van der Waals surface area contributed by atoms with E-state index in [9.17, 15) is 4.79 Å². The normalized spacial score (nSPS) is 19.1. The van der Waals surface area contributed by atoms with Crippen LogP contribution in [0, 0.1) is 13.8 Å². The van der Waals surface area contributed by atoms with E-state index in [0.717, 1.165) is 18.5 Å². The number of carbonyl (C=O) groups is 1. The molecule has 0 spiro atoms. The summed E-state index contributed by atoms with van der Waals surface area (Å²) >= 11 is 0. The molecule has 0 radical (unpaired) electrons. The van der Waals surface area contributed by atoms with Crippen molar-refractivity contribution in [3.63, 3.8) is 0 Å². The summed E-state index contributed by atoms with van der Waals surface area (Å²) in [5, 5.41) is 10.7. The number of likely N-dealkylation sites (tertiary alicyclic amines) is 1. The maximum Gasteiger partial charge on any atom is 0.274 e. The van der Waals surface area contributed by atoms with Crippen molar-refractivity contribution < 1.29 is 9.32 Å². The molecule has 0 aliphatic carbocycles. The number of amides is 1. The third-order valence-corrected chi connectivity index (χ3v) is 3.28. The summed E-state index contributed by atoms with van der Waals surface area (Å²) in [7, 11) is 0. The quantitative estimate of drug-likeness (QED) is 0.882. The Kier molecular flexibility index (Phi) is 2.81. The first-order chi connectivity index (χ1) is 9.15. The number of carbonyl (C=O) groups excluding carboxylic acids is 1. The van der Waals surface area contributed by atoms with Gasteiger partial charge < -0.3 is 9.42 Å². The number of hydrogen-bond donors (Lipinski definition) is 1. The number of aromatic nitrogens is 4. The van der Waals surface area contributed by atoms with Crippen LogP contribution < -0.4 is 0 Å². The second kappa shape index (κ2) is 4.49. The molecule has 1 saturated heterocycles. The van der Waals surface area contributed by atoms with Crippen LogP contribution in [0.25, 0.3) is 0 Å². The van der Waals surface area contributed by atoms with Gasteiger partial charge in [0.25, 0.3) is 5.91 Å². The van der Waals surface area contributed by atoms with E-state index in [1.54, 1.807) is 17.9 Å². The van der Waals surface area contributed by atoms with E-state index >= 15 is 0 Å². The first-order valence-electron chi connectivity index (χ1n) is 6.28. The fraction of sp³-hybridized carbons (Fsp3) is 0.500. The van der Waals surface area contributed by atoms with E-state index in [4.69, 9.17) is 4.52 Å². The summed E-state index contributed by atoms with van der Waals surface area (Å²) in [5.74, 6) is 1.01. The van der Waals surface area contributed by atoms with Gasteiger partial charge >= 0.3 is 0 Å². The maximum absolute atomic E-state index is 12.4. The molecule has 19 heavy (non-hydrogen) atoms. The first-order valence-corrected chi connectivity index (χ1v) is 6.28. The van der Waals surface area contributed by atoms with Gasteiger partial charge in [-0.3, -0.25) is 9.89 Å². The molecule has 3 rings (SSSR count). The van der Waals surface area contributed by atoms with E-state index in [0.29, 0.717) is 24.0 Å². The van der Waals surface area contributed by atoms with Crippen LogP contribution in [0.5, 0.6) is 0 Å². The van der Waals surface area contributed by atoms with Gasteiger partial charge in [0, 0.05) is 19.2 Å². The van der Waals surface area contributed by atoms with Crippen molar-refractivity contribution >= 4 is 5.91 Å². The first kappa shape index (κ1) is 11.9. The summed E-state index contributed by atoms with van der Waals surface area (Å²) < 4.78 is 4.99. The Labute approximate surface area is 110 Å². The van der Waals surface area contributed by atoms with E-state index in [-0.39, 0.29) is 11.9 Å². The van der Waals surface area contributed by atoms with Gasteiger partial charge in [-0.15, -0.1) is 0 Å². The molecule has 7 heteroatoms. The van der Waals surface area contributed by atoms with Crippen LogP contribution in [-0.4, -0.2) is 37.7 Å². The monoisotopic (exact) mass is 261 g/mol. The number of hydrogen-bond acceptors (Lipinski definition) is 5. The van der Waals surface area contributed by atoms with Gasteiger partial charge in [0.15, 0.2) is 5.82 Å². The largest absolute Gasteiger partial charge is 0.340 e. The maximum atomic E-state index is 12.4. The summed E-state index contributed by atoms with van der Waals surface area (Å²) in [6.45, 7) is 4.31. The van der Waals surface area contributed by atoms with E-state index in [2.05, 4.69) is 20.3 Å². The minimum Gasteiger partial charge on any atom is -0.340 e. The second-order valence-electron chi connectivity index (χ2n) is 4.76. The van der Waals surface area contributed by atoms with Crippen molar-refractivity contribution in [2.45, 2.75) is 32.7 Å². The SMILES string of the molecule is Cc1cc(C(=O)N2CCC[C@@H]2c2noc(C)n2)n[nH]1. The molecule has 1 fully saturated rings. The fourth-order valence-corrected chi connectivity index (χ4v) is 2.40. The molecule has 1 amide bonds. The molecule has 1 aliphatic rings. The van der Waals surface area contributed by atoms with Gasteiger partial charge in [-0.05, 0) is 25.8 Å². The lowest BCUT2D eigenvalue weighted by atomic mass is 10.2. The predicted molar refractivity (Wildman–Crippen MR) is 65.4 cm³/mol. The van der Waals surface area contributed by atoms with Crippen molar-refractivity contribution in [3.8, 4) is 0 Å². The summed E-state index contributed by atoms with van der Waals surface area (Å²) in [6.07, 6.45) is 1.79. The molecule has 3 heterocycles. The minimum atomic E-state index is -0.109. The average Bonchev–Trinajstić information content (AvgIpc) is 3.07. The van der Waals surface area contributed by atoms with E-state index in [1.165, 1.54) is 0 Å². The lowest BCUT2D eigenvalue weighted by Gasteiger charge is -2.20. The zero-order valence-electron chi connectivity index (χ0n) is 10.9. The zero-order chi connectivity index (χ0) is 13.4. The standard InChI is InChI=1S/C12H15N5O2/c1-7-6-9(15-14-7)12(18)17-5-3-4-10(17)11-13-8(2)19-16-11/h6,10H,3-5H2,1-2H3,(H,14,15)/t10-/m1/s1. The minimum absolute atomic E-state index is 0.0886. The Hall–Kier alpha value is -2.18.